The molecule has 0 radical (unpaired) electrons. The van der Waals surface area contributed by atoms with Crippen LogP contribution in [0.1, 0.15) is 31.2 Å². The molecule has 2 atom stereocenters. The Morgan fingerprint density at radius 1 is 1.47 bits per heavy atom. The summed E-state index contributed by atoms with van der Waals surface area (Å²) in [6.45, 7) is 4.43. The third-order valence-corrected chi connectivity index (χ3v) is 5.03. The lowest BCUT2D eigenvalue weighted by Crippen LogP contribution is -2.31. The summed E-state index contributed by atoms with van der Waals surface area (Å²) >= 11 is 3.65. The highest BCUT2D eigenvalue weighted by Crippen LogP contribution is 2.36. The molecule has 0 saturated heterocycles. The summed E-state index contributed by atoms with van der Waals surface area (Å²) in [6.07, 6.45) is 1.14. The van der Waals surface area contributed by atoms with Crippen LogP contribution in [0.25, 0.3) is 9.40 Å². The maximum atomic E-state index is 5.63. The summed E-state index contributed by atoms with van der Waals surface area (Å²) < 4.78 is 2.75. The molecule has 0 amide bonds. The lowest BCUT2D eigenvalue weighted by molar-refractivity contribution is 0.388. The normalized spacial score (nSPS) is 15.7. The number of nitrogens with one attached hydrogen (secondary N) is 1. The van der Waals surface area contributed by atoms with E-state index in [2.05, 4.69) is 36.8 Å². The van der Waals surface area contributed by atoms with E-state index in [9.17, 15) is 0 Å². The van der Waals surface area contributed by atoms with Gasteiger partial charge in [0.2, 0.25) is 0 Å². The van der Waals surface area contributed by atoms with E-state index in [1.807, 2.05) is 11.3 Å². The van der Waals surface area contributed by atoms with Crippen LogP contribution in [0, 0.1) is 5.92 Å². The van der Waals surface area contributed by atoms with E-state index in [4.69, 9.17) is 5.84 Å². The molecule has 0 bridgehead atoms. The quantitative estimate of drug-likeness (QED) is 0.634. The molecule has 2 heterocycles. The van der Waals surface area contributed by atoms with E-state index in [0.717, 1.165) is 6.42 Å². The van der Waals surface area contributed by atoms with Gasteiger partial charge in [-0.15, -0.1) is 22.7 Å². The summed E-state index contributed by atoms with van der Waals surface area (Å²) in [7, 11) is 0. The van der Waals surface area contributed by atoms with Crippen LogP contribution in [0.15, 0.2) is 17.5 Å². The topological polar surface area (TPSA) is 38.0 Å². The molecule has 0 aliphatic heterocycles. The van der Waals surface area contributed by atoms with Crippen molar-refractivity contribution in [2.75, 3.05) is 0 Å². The van der Waals surface area contributed by atoms with Crippen molar-refractivity contribution in [3.05, 3.63) is 22.4 Å². The average molecular weight is 240 g/mol. The minimum Gasteiger partial charge on any atom is -0.271 e. The Hall–Kier alpha value is -0.420. The van der Waals surface area contributed by atoms with Crippen molar-refractivity contribution in [1.82, 2.24) is 5.43 Å². The summed E-state index contributed by atoms with van der Waals surface area (Å²) in [4.78, 5) is 1.36. The number of hydrogen-bond donors (Lipinski definition) is 2. The van der Waals surface area contributed by atoms with Crippen LogP contribution in [-0.2, 0) is 0 Å². The minimum absolute atomic E-state index is 0.291. The number of hydrazine groups is 1. The molecule has 0 aliphatic carbocycles. The maximum Gasteiger partial charge on any atom is 0.0579 e. The Morgan fingerprint density at radius 3 is 2.87 bits per heavy atom. The third kappa shape index (κ3) is 2.08. The molecule has 0 fully saturated rings. The molecule has 4 heteroatoms. The van der Waals surface area contributed by atoms with E-state index in [1.54, 1.807) is 11.3 Å². The predicted molar refractivity (Wildman–Crippen MR) is 69.2 cm³/mol. The second-order valence-corrected chi connectivity index (χ2v) is 5.89. The van der Waals surface area contributed by atoms with Gasteiger partial charge in [-0.1, -0.05) is 20.3 Å². The van der Waals surface area contributed by atoms with E-state index >= 15 is 0 Å². The molecule has 82 valence electrons. The maximum absolute atomic E-state index is 5.63. The van der Waals surface area contributed by atoms with Crippen molar-refractivity contribution in [1.29, 1.82) is 0 Å². The van der Waals surface area contributed by atoms with E-state index in [1.165, 1.54) is 14.3 Å². The van der Waals surface area contributed by atoms with Crippen molar-refractivity contribution < 1.29 is 0 Å². The number of fused-ring (bicyclic) bond motifs is 1. The molecule has 2 aromatic heterocycles. The molecular weight excluding hydrogens is 224 g/mol. The highest BCUT2D eigenvalue weighted by molar-refractivity contribution is 7.26. The van der Waals surface area contributed by atoms with E-state index in [-0.39, 0.29) is 0 Å². The average Bonchev–Trinajstić information content (AvgIpc) is 2.78. The molecule has 0 aromatic carbocycles. The number of rotatable bonds is 4. The fraction of sp³-hybridized carbons (Fsp3) is 0.455. The van der Waals surface area contributed by atoms with Gasteiger partial charge in [-0.2, -0.15) is 0 Å². The van der Waals surface area contributed by atoms with E-state index < -0.39 is 0 Å². The Morgan fingerprint density at radius 2 is 2.27 bits per heavy atom. The first-order valence-corrected chi connectivity index (χ1v) is 6.89. The fourth-order valence-corrected chi connectivity index (χ4v) is 4.01. The summed E-state index contributed by atoms with van der Waals surface area (Å²) in [5.41, 5.74) is 2.93. The summed E-state index contributed by atoms with van der Waals surface area (Å²) in [5.74, 6) is 6.20. The van der Waals surface area contributed by atoms with Crippen molar-refractivity contribution >= 4 is 32.1 Å². The lowest BCUT2D eigenvalue weighted by Gasteiger charge is -2.20. The van der Waals surface area contributed by atoms with Gasteiger partial charge >= 0.3 is 0 Å². The van der Waals surface area contributed by atoms with Gasteiger partial charge in [0, 0.05) is 14.3 Å². The van der Waals surface area contributed by atoms with Crippen LogP contribution in [0.3, 0.4) is 0 Å². The zero-order valence-electron chi connectivity index (χ0n) is 8.99. The van der Waals surface area contributed by atoms with Crippen molar-refractivity contribution in [2.45, 2.75) is 26.3 Å². The Kier molecular flexibility index (Phi) is 3.41. The Labute approximate surface area is 98.1 Å². The molecule has 15 heavy (non-hydrogen) atoms. The van der Waals surface area contributed by atoms with E-state index in [0.29, 0.717) is 12.0 Å². The van der Waals surface area contributed by atoms with Crippen LogP contribution < -0.4 is 11.3 Å². The molecule has 3 N–H and O–H groups in total. The molecule has 0 aliphatic rings. The van der Waals surface area contributed by atoms with Crippen molar-refractivity contribution in [3.8, 4) is 0 Å². The van der Waals surface area contributed by atoms with Crippen molar-refractivity contribution in [3.63, 3.8) is 0 Å². The molecule has 0 spiro atoms. The van der Waals surface area contributed by atoms with Crippen LogP contribution in [0.5, 0.6) is 0 Å². The van der Waals surface area contributed by atoms with Gasteiger partial charge in [-0.05, 0) is 23.4 Å². The summed E-state index contributed by atoms with van der Waals surface area (Å²) in [6, 6.07) is 4.74. The number of thiophene rings is 2. The van der Waals surface area contributed by atoms with Gasteiger partial charge in [0.15, 0.2) is 0 Å². The van der Waals surface area contributed by atoms with Gasteiger partial charge in [-0.3, -0.25) is 11.3 Å². The first-order valence-electron chi connectivity index (χ1n) is 5.19. The van der Waals surface area contributed by atoms with Gasteiger partial charge in [0.05, 0.1) is 6.04 Å². The minimum atomic E-state index is 0.291. The molecule has 0 saturated carbocycles. The monoisotopic (exact) mass is 240 g/mol. The van der Waals surface area contributed by atoms with Crippen LogP contribution in [-0.4, -0.2) is 0 Å². The third-order valence-electron chi connectivity index (χ3n) is 2.86. The smallest absolute Gasteiger partial charge is 0.0579 e. The van der Waals surface area contributed by atoms with Crippen LogP contribution in [0.2, 0.25) is 0 Å². The highest BCUT2D eigenvalue weighted by Gasteiger charge is 2.18. The van der Waals surface area contributed by atoms with Crippen LogP contribution in [0.4, 0.5) is 0 Å². The standard InChI is InChI=1S/C11H16N2S2/c1-3-7(2)11(13-12)10-6-9-8(15-10)4-5-14-9/h4-7,11,13H,3,12H2,1-2H3. The van der Waals surface area contributed by atoms with Gasteiger partial charge in [0.1, 0.15) is 0 Å². The highest BCUT2D eigenvalue weighted by atomic mass is 32.1. The Bertz CT molecular complexity index is 404. The second kappa shape index (κ2) is 4.61. The largest absolute Gasteiger partial charge is 0.271 e. The first-order chi connectivity index (χ1) is 7.26. The molecule has 2 aromatic rings. The molecule has 2 nitrogen and oxygen atoms in total. The first kappa shape index (κ1) is 11.1. The molecule has 2 unspecified atom stereocenters. The zero-order chi connectivity index (χ0) is 10.8. The fourth-order valence-electron chi connectivity index (χ4n) is 1.70. The second-order valence-electron chi connectivity index (χ2n) is 3.83. The van der Waals surface area contributed by atoms with Gasteiger partial charge in [0.25, 0.3) is 0 Å². The zero-order valence-corrected chi connectivity index (χ0v) is 10.6. The molecular formula is C11H16N2S2. The lowest BCUT2D eigenvalue weighted by atomic mass is 9.98. The summed E-state index contributed by atoms with van der Waals surface area (Å²) in [5, 5.41) is 2.14. The molecule has 2 rings (SSSR count). The predicted octanol–water partition coefficient (Wildman–Crippen LogP) is 3.51. The Balaban J connectivity index is 2.31. The van der Waals surface area contributed by atoms with Gasteiger partial charge < -0.3 is 0 Å². The number of hydrogen-bond acceptors (Lipinski definition) is 4. The SMILES string of the molecule is CCC(C)C(NN)c1cc2sccc2s1. The van der Waals surface area contributed by atoms with Gasteiger partial charge in [-0.25, -0.2) is 0 Å². The van der Waals surface area contributed by atoms with Crippen molar-refractivity contribution in [2.24, 2.45) is 11.8 Å². The van der Waals surface area contributed by atoms with Crippen LogP contribution >= 0.6 is 22.7 Å². The number of nitrogens with two attached hydrogens (primary N) is 1.